The first-order valence-electron chi connectivity index (χ1n) is 6.72. The van der Waals surface area contributed by atoms with E-state index in [9.17, 15) is 8.42 Å². The monoisotopic (exact) mass is 317 g/mol. The fourth-order valence-corrected chi connectivity index (χ4v) is 4.17. The highest BCUT2D eigenvalue weighted by molar-refractivity contribution is 7.89. The number of aryl methyl sites for hydroxylation is 1. The van der Waals surface area contributed by atoms with Gasteiger partial charge in [0.1, 0.15) is 0 Å². The molecule has 0 N–H and O–H groups in total. The van der Waals surface area contributed by atoms with Gasteiger partial charge < -0.3 is 4.74 Å². The normalized spacial score (nSPS) is 21.6. The lowest BCUT2D eigenvalue weighted by Crippen LogP contribution is -2.36. The summed E-state index contributed by atoms with van der Waals surface area (Å²) in [7, 11) is -3.47. The lowest BCUT2D eigenvalue weighted by molar-refractivity contribution is 0.0752. The van der Waals surface area contributed by atoms with Gasteiger partial charge in [0.2, 0.25) is 10.0 Å². The first-order valence-corrected chi connectivity index (χ1v) is 8.70. The minimum absolute atomic E-state index is 0.0785. The smallest absolute Gasteiger partial charge is 0.243 e. The van der Waals surface area contributed by atoms with Crippen molar-refractivity contribution in [3.8, 4) is 0 Å². The third-order valence-corrected chi connectivity index (χ3v) is 5.67. The molecule has 1 heterocycles. The van der Waals surface area contributed by atoms with E-state index in [2.05, 4.69) is 0 Å². The van der Waals surface area contributed by atoms with Crippen molar-refractivity contribution in [2.45, 2.75) is 37.1 Å². The highest BCUT2D eigenvalue weighted by Crippen LogP contribution is 2.22. The number of benzene rings is 1. The van der Waals surface area contributed by atoms with E-state index in [1.165, 1.54) is 4.31 Å². The highest BCUT2D eigenvalue weighted by Gasteiger charge is 2.28. The molecular formula is C14H20ClNO3S. The molecule has 1 fully saturated rings. The van der Waals surface area contributed by atoms with E-state index in [0.717, 1.165) is 17.5 Å². The van der Waals surface area contributed by atoms with Crippen LogP contribution in [0.2, 0.25) is 0 Å². The maximum atomic E-state index is 12.7. The Balaban J connectivity index is 2.33. The molecule has 0 radical (unpaired) electrons. The van der Waals surface area contributed by atoms with Gasteiger partial charge in [0.25, 0.3) is 0 Å². The second-order valence-corrected chi connectivity index (χ2v) is 7.33. The molecule has 1 aromatic carbocycles. The minimum atomic E-state index is -3.47. The molecule has 1 aliphatic heterocycles. The molecule has 20 heavy (non-hydrogen) atoms. The van der Waals surface area contributed by atoms with Gasteiger partial charge in [-0.3, -0.25) is 0 Å². The van der Waals surface area contributed by atoms with Crippen LogP contribution in [0.15, 0.2) is 23.1 Å². The first-order chi connectivity index (χ1) is 9.45. The molecule has 2 rings (SSSR count). The molecular weight excluding hydrogens is 298 g/mol. The Hall–Kier alpha value is -0.620. The number of nitrogens with zero attached hydrogens (tertiary/aromatic N) is 1. The summed E-state index contributed by atoms with van der Waals surface area (Å²) < 4.78 is 32.4. The Morgan fingerprint density at radius 2 is 2.20 bits per heavy atom. The molecule has 1 aromatic rings. The molecule has 1 saturated heterocycles. The predicted molar refractivity (Wildman–Crippen MR) is 79.5 cm³/mol. The van der Waals surface area contributed by atoms with Crippen molar-refractivity contribution < 1.29 is 13.2 Å². The van der Waals surface area contributed by atoms with Gasteiger partial charge in [-0.05, 0) is 43.5 Å². The van der Waals surface area contributed by atoms with Crippen LogP contribution in [0.1, 0.15) is 24.5 Å². The molecule has 0 aromatic heterocycles. The second kappa shape index (κ2) is 6.43. The second-order valence-electron chi connectivity index (χ2n) is 5.12. The van der Waals surface area contributed by atoms with Crippen molar-refractivity contribution in [1.82, 2.24) is 4.31 Å². The molecule has 1 aliphatic rings. The Kier molecular flexibility index (Phi) is 5.07. The van der Waals surface area contributed by atoms with Gasteiger partial charge in [-0.15, -0.1) is 11.6 Å². The summed E-state index contributed by atoms with van der Waals surface area (Å²) in [6.07, 6.45) is 0.642. The number of hydrogen-bond donors (Lipinski definition) is 0. The van der Waals surface area contributed by atoms with E-state index in [4.69, 9.17) is 16.3 Å². The third kappa shape index (κ3) is 3.34. The number of hydrogen-bond acceptors (Lipinski definition) is 3. The summed E-state index contributed by atoms with van der Waals surface area (Å²) >= 11 is 5.86. The summed E-state index contributed by atoms with van der Waals surface area (Å²) in [6, 6.07) is 5.13. The van der Waals surface area contributed by atoms with E-state index in [1.807, 2.05) is 19.9 Å². The number of sulfonamides is 1. The lowest BCUT2D eigenvalue weighted by atomic mass is 10.1. The number of rotatable bonds is 3. The molecule has 0 spiro atoms. The Morgan fingerprint density at radius 1 is 1.45 bits per heavy atom. The molecule has 1 unspecified atom stereocenters. The van der Waals surface area contributed by atoms with Crippen molar-refractivity contribution in [2.75, 3.05) is 19.7 Å². The predicted octanol–water partition coefficient (Wildman–Crippen LogP) is 2.53. The fraction of sp³-hybridized carbons (Fsp3) is 0.571. The van der Waals surface area contributed by atoms with Crippen molar-refractivity contribution in [2.24, 2.45) is 0 Å². The van der Waals surface area contributed by atoms with Gasteiger partial charge >= 0.3 is 0 Å². The lowest BCUT2D eigenvalue weighted by Gasteiger charge is -2.22. The number of ether oxygens (including phenoxy) is 1. The number of alkyl halides is 1. The van der Waals surface area contributed by atoms with Crippen LogP contribution in [0.4, 0.5) is 0 Å². The molecule has 6 heteroatoms. The molecule has 0 amide bonds. The van der Waals surface area contributed by atoms with Crippen LogP contribution >= 0.6 is 11.6 Å². The largest absolute Gasteiger partial charge is 0.377 e. The minimum Gasteiger partial charge on any atom is -0.377 e. The van der Waals surface area contributed by atoms with Gasteiger partial charge in [0.15, 0.2) is 0 Å². The third-order valence-electron chi connectivity index (χ3n) is 3.52. The zero-order chi connectivity index (χ0) is 14.8. The summed E-state index contributed by atoms with van der Waals surface area (Å²) in [5, 5.41) is 0. The van der Waals surface area contributed by atoms with E-state index >= 15 is 0 Å². The summed E-state index contributed by atoms with van der Waals surface area (Å²) in [6.45, 7) is 5.32. The van der Waals surface area contributed by atoms with E-state index in [1.54, 1.807) is 12.1 Å². The standard InChI is InChI=1S/C14H20ClNO3S/c1-11-4-5-14(8-13(11)9-15)20(17,18)16-6-3-7-19-12(2)10-16/h4-5,8,12H,3,6-7,9-10H2,1-2H3. The molecule has 1 atom stereocenters. The maximum Gasteiger partial charge on any atom is 0.243 e. The number of halogens is 1. The van der Waals surface area contributed by atoms with Crippen molar-refractivity contribution in [1.29, 1.82) is 0 Å². The highest BCUT2D eigenvalue weighted by atomic mass is 35.5. The van der Waals surface area contributed by atoms with Gasteiger partial charge in [0.05, 0.1) is 11.0 Å². The van der Waals surface area contributed by atoms with Crippen molar-refractivity contribution in [3.63, 3.8) is 0 Å². The van der Waals surface area contributed by atoms with Crippen LogP contribution in [-0.4, -0.2) is 38.5 Å². The fourth-order valence-electron chi connectivity index (χ4n) is 2.28. The molecule has 0 saturated carbocycles. The summed E-state index contributed by atoms with van der Waals surface area (Å²) in [5.41, 5.74) is 1.86. The SMILES string of the molecule is Cc1ccc(S(=O)(=O)N2CCCOC(C)C2)cc1CCl. The topological polar surface area (TPSA) is 46.6 Å². The molecule has 0 aliphatic carbocycles. The van der Waals surface area contributed by atoms with Crippen molar-refractivity contribution in [3.05, 3.63) is 29.3 Å². The maximum absolute atomic E-state index is 12.7. The van der Waals surface area contributed by atoms with E-state index < -0.39 is 10.0 Å². The van der Waals surface area contributed by atoms with Crippen LogP contribution < -0.4 is 0 Å². The van der Waals surface area contributed by atoms with E-state index in [-0.39, 0.29) is 6.10 Å². The van der Waals surface area contributed by atoms with Crippen LogP contribution in [0.25, 0.3) is 0 Å². The Morgan fingerprint density at radius 3 is 2.90 bits per heavy atom. The Bertz CT molecular complexity index is 574. The van der Waals surface area contributed by atoms with Crippen LogP contribution in [0, 0.1) is 6.92 Å². The molecule has 112 valence electrons. The molecule has 0 bridgehead atoms. The van der Waals surface area contributed by atoms with Crippen LogP contribution in [0.3, 0.4) is 0 Å². The summed E-state index contributed by atoms with van der Waals surface area (Å²) in [5.74, 6) is 0.314. The average Bonchev–Trinajstić information content (AvgIpc) is 2.64. The van der Waals surface area contributed by atoms with Gasteiger partial charge in [-0.2, -0.15) is 4.31 Å². The van der Waals surface area contributed by atoms with E-state index in [0.29, 0.717) is 30.5 Å². The first kappa shape index (κ1) is 15.8. The summed E-state index contributed by atoms with van der Waals surface area (Å²) in [4.78, 5) is 0.313. The van der Waals surface area contributed by atoms with Crippen LogP contribution in [0.5, 0.6) is 0 Å². The average molecular weight is 318 g/mol. The zero-order valence-corrected chi connectivity index (χ0v) is 13.4. The quantitative estimate of drug-likeness (QED) is 0.805. The van der Waals surface area contributed by atoms with Crippen molar-refractivity contribution >= 4 is 21.6 Å². The van der Waals surface area contributed by atoms with Gasteiger partial charge in [0, 0.05) is 25.6 Å². The van der Waals surface area contributed by atoms with Crippen LogP contribution in [-0.2, 0) is 20.6 Å². The van der Waals surface area contributed by atoms with Gasteiger partial charge in [-0.1, -0.05) is 6.07 Å². The van der Waals surface area contributed by atoms with Gasteiger partial charge in [-0.25, -0.2) is 8.42 Å². The zero-order valence-electron chi connectivity index (χ0n) is 11.8. The molecule has 4 nitrogen and oxygen atoms in total. The Labute approximate surface area is 125 Å².